The molecule has 0 radical (unpaired) electrons. The van der Waals surface area contributed by atoms with Crippen LogP contribution in [0.25, 0.3) is 0 Å². The smallest absolute Gasteiger partial charge is 0.200 e. The molecule has 0 aliphatic carbocycles. The monoisotopic (exact) mass is 316 g/mol. The molecule has 4 heteroatoms. The third kappa shape index (κ3) is 3.12. The van der Waals surface area contributed by atoms with E-state index in [0.29, 0.717) is 22.9 Å². The summed E-state index contributed by atoms with van der Waals surface area (Å²) in [7, 11) is -2.31. The molecule has 0 aliphatic rings. The topological polar surface area (TPSA) is 57.5 Å². The maximum absolute atomic E-state index is 13.1. The van der Waals surface area contributed by atoms with Gasteiger partial charge in [0.25, 0.3) is 0 Å². The molecular formula is C18H21O3P. The Balaban J connectivity index is 2.69. The van der Waals surface area contributed by atoms with Crippen molar-refractivity contribution in [1.82, 2.24) is 0 Å². The highest BCUT2D eigenvalue weighted by Gasteiger charge is 2.23. The standard InChI is InChI=1S/C18H21O3P/c1-5-14-7-6-8-15(22(20)21)17(14)18(19)16-12(3)9-11(2)10-13(16)4/h6-10,20-21H,5H2,1-4H3. The number of ketones is 1. The van der Waals surface area contributed by atoms with Crippen LogP contribution in [0.2, 0.25) is 0 Å². The second kappa shape index (κ2) is 6.70. The number of benzene rings is 2. The van der Waals surface area contributed by atoms with E-state index in [2.05, 4.69) is 0 Å². The number of carbonyl (C=O) groups is 1. The van der Waals surface area contributed by atoms with Crippen molar-refractivity contribution in [2.75, 3.05) is 0 Å². The number of hydrogen-bond donors (Lipinski definition) is 2. The van der Waals surface area contributed by atoms with E-state index in [9.17, 15) is 14.6 Å². The summed E-state index contributed by atoms with van der Waals surface area (Å²) in [5, 5.41) is 0.332. The van der Waals surface area contributed by atoms with E-state index < -0.39 is 8.38 Å². The average molecular weight is 316 g/mol. The lowest BCUT2D eigenvalue weighted by atomic mass is 9.90. The predicted octanol–water partition coefficient (Wildman–Crippen LogP) is 3.33. The molecule has 0 amide bonds. The zero-order chi connectivity index (χ0) is 16.4. The van der Waals surface area contributed by atoms with Crippen LogP contribution in [0.4, 0.5) is 0 Å². The summed E-state index contributed by atoms with van der Waals surface area (Å²) in [4.78, 5) is 32.4. The molecule has 22 heavy (non-hydrogen) atoms. The summed E-state index contributed by atoms with van der Waals surface area (Å²) < 4.78 is 0. The Morgan fingerprint density at radius 1 is 1.05 bits per heavy atom. The Labute approximate surface area is 132 Å². The Morgan fingerprint density at radius 3 is 2.14 bits per heavy atom. The van der Waals surface area contributed by atoms with Crippen LogP contribution in [-0.4, -0.2) is 15.6 Å². The number of hydrogen-bond acceptors (Lipinski definition) is 3. The van der Waals surface area contributed by atoms with Gasteiger partial charge in [0.2, 0.25) is 0 Å². The molecule has 0 fully saturated rings. The van der Waals surface area contributed by atoms with Crippen LogP contribution >= 0.6 is 8.38 Å². The van der Waals surface area contributed by atoms with Crippen molar-refractivity contribution >= 4 is 19.5 Å². The summed E-state index contributed by atoms with van der Waals surface area (Å²) >= 11 is 0. The van der Waals surface area contributed by atoms with Crippen molar-refractivity contribution in [2.45, 2.75) is 34.1 Å². The maximum Gasteiger partial charge on any atom is 0.200 e. The van der Waals surface area contributed by atoms with E-state index in [1.807, 2.05) is 45.9 Å². The number of aryl methyl sites for hydroxylation is 4. The minimum absolute atomic E-state index is 0.127. The van der Waals surface area contributed by atoms with Crippen LogP contribution in [-0.2, 0) is 6.42 Å². The lowest BCUT2D eigenvalue weighted by Gasteiger charge is -2.16. The zero-order valence-corrected chi connectivity index (χ0v) is 14.2. The van der Waals surface area contributed by atoms with Crippen LogP contribution in [0.15, 0.2) is 30.3 Å². The van der Waals surface area contributed by atoms with Crippen molar-refractivity contribution in [3.8, 4) is 0 Å². The first kappa shape index (κ1) is 16.8. The molecule has 116 valence electrons. The lowest BCUT2D eigenvalue weighted by Crippen LogP contribution is -2.19. The van der Waals surface area contributed by atoms with E-state index in [-0.39, 0.29) is 5.78 Å². The van der Waals surface area contributed by atoms with Gasteiger partial charge in [0.15, 0.2) is 14.2 Å². The van der Waals surface area contributed by atoms with Gasteiger partial charge in [-0.2, -0.15) is 0 Å². The molecule has 0 spiro atoms. The minimum atomic E-state index is -2.31. The molecule has 0 heterocycles. The molecule has 2 rings (SSSR count). The van der Waals surface area contributed by atoms with Crippen molar-refractivity contribution in [3.63, 3.8) is 0 Å². The Kier molecular flexibility index (Phi) is 5.12. The third-order valence-corrected chi connectivity index (χ3v) is 4.66. The van der Waals surface area contributed by atoms with Crippen LogP contribution in [0.1, 0.15) is 45.1 Å². The molecule has 0 unspecified atom stereocenters. The van der Waals surface area contributed by atoms with Crippen molar-refractivity contribution < 1.29 is 14.6 Å². The van der Waals surface area contributed by atoms with E-state index in [1.54, 1.807) is 12.1 Å². The minimum Gasteiger partial charge on any atom is -0.347 e. The molecule has 0 aromatic heterocycles. The van der Waals surface area contributed by atoms with Gasteiger partial charge in [-0.25, -0.2) is 0 Å². The molecule has 2 aromatic rings. The van der Waals surface area contributed by atoms with Gasteiger partial charge < -0.3 is 9.79 Å². The summed E-state index contributed by atoms with van der Waals surface area (Å²) in [5.41, 5.74) is 4.89. The predicted molar refractivity (Wildman–Crippen MR) is 90.9 cm³/mol. The lowest BCUT2D eigenvalue weighted by molar-refractivity contribution is 0.103. The normalized spacial score (nSPS) is 11.0. The van der Waals surface area contributed by atoms with Gasteiger partial charge in [-0.05, 0) is 49.9 Å². The SMILES string of the molecule is CCc1cccc(P(O)O)c1C(=O)c1c(C)cc(C)cc1C. The van der Waals surface area contributed by atoms with Crippen LogP contribution in [0.3, 0.4) is 0 Å². The quantitative estimate of drug-likeness (QED) is 0.672. The Morgan fingerprint density at radius 2 is 1.64 bits per heavy atom. The highest BCUT2D eigenvalue weighted by molar-refractivity contribution is 7.54. The molecule has 2 aromatic carbocycles. The van der Waals surface area contributed by atoms with Crippen molar-refractivity contribution in [2.24, 2.45) is 0 Å². The maximum atomic E-state index is 13.1. The fourth-order valence-electron chi connectivity index (χ4n) is 2.97. The van der Waals surface area contributed by atoms with Gasteiger partial charge in [0, 0.05) is 16.4 Å². The molecule has 0 saturated carbocycles. The summed E-state index contributed by atoms with van der Waals surface area (Å²) in [6.45, 7) is 7.80. The van der Waals surface area contributed by atoms with Gasteiger partial charge >= 0.3 is 0 Å². The second-order valence-corrected chi connectivity index (χ2v) is 6.62. The van der Waals surface area contributed by atoms with Crippen LogP contribution in [0, 0.1) is 20.8 Å². The van der Waals surface area contributed by atoms with Crippen molar-refractivity contribution in [3.05, 3.63) is 63.7 Å². The van der Waals surface area contributed by atoms with Crippen LogP contribution < -0.4 is 5.30 Å². The fraction of sp³-hybridized carbons (Fsp3) is 0.278. The van der Waals surface area contributed by atoms with E-state index in [4.69, 9.17) is 0 Å². The molecule has 2 N–H and O–H groups in total. The van der Waals surface area contributed by atoms with Gasteiger partial charge in [0.05, 0.1) is 0 Å². The van der Waals surface area contributed by atoms with Crippen LogP contribution in [0.5, 0.6) is 0 Å². The highest BCUT2D eigenvalue weighted by atomic mass is 31.2. The van der Waals surface area contributed by atoms with Gasteiger partial charge in [-0.1, -0.05) is 36.8 Å². The molecule has 3 nitrogen and oxygen atoms in total. The second-order valence-electron chi connectivity index (χ2n) is 5.56. The average Bonchev–Trinajstić information content (AvgIpc) is 2.44. The van der Waals surface area contributed by atoms with E-state index in [1.165, 1.54) is 0 Å². The van der Waals surface area contributed by atoms with Crippen molar-refractivity contribution in [1.29, 1.82) is 0 Å². The van der Waals surface area contributed by atoms with Gasteiger partial charge in [-0.15, -0.1) is 0 Å². The number of rotatable bonds is 4. The molecule has 0 atom stereocenters. The first-order chi connectivity index (χ1) is 10.4. The molecule has 0 aliphatic heterocycles. The summed E-state index contributed by atoms with van der Waals surface area (Å²) in [5.74, 6) is -0.127. The third-order valence-electron chi connectivity index (χ3n) is 3.86. The van der Waals surface area contributed by atoms with E-state index >= 15 is 0 Å². The van der Waals surface area contributed by atoms with E-state index in [0.717, 1.165) is 22.3 Å². The fourth-order valence-corrected chi connectivity index (χ4v) is 3.64. The Hall–Kier alpha value is -1.54. The molecular weight excluding hydrogens is 295 g/mol. The first-order valence-corrected chi connectivity index (χ1v) is 8.53. The van der Waals surface area contributed by atoms with Gasteiger partial charge in [-0.3, -0.25) is 4.79 Å². The number of carbonyl (C=O) groups excluding carboxylic acids is 1. The molecule has 0 saturated heterocycles. The largest absolute Gasteiger partial charge is 0.347 e. The highest BCUT2D eigenvalue weighted by Crippen LogP contribution is 2.29. The molecule has 0 bridgehead atoms. The first-order valence-electron chi connectivity index (χ1n) is 7.29. The Bertz CT molecular complexity index is 697. The summed E-state index contributed by atoms with van der Waals surface area (Å²) in [6.07, 6.45) is 0.669. The van der Waals surface area contributed by atoms with Gasteiger partial charge in [0.1, 0.15) is 0 Å². The zero-order valence-electron chi connectivity index (χ0n) is 13.3. The summed E-state index contributed by atoms with van der Waals surface area (Å²) in [6, 6.07) is 9.22.